The molecule has 0 fully saturated rings. The lowest BCUT2D eigenvalue weighted by Gasteiger charge is -2.23. The van der Waals surface area contributed by atoms with Gasteiger partial charge < -0.3 is 9.47 Å². The van der Waals surface area contributed by atoms with E-state index >= 15 is 0 Å². The maximum absolute atomic E-state index is 5.40. The van der Waals surface area contributed by atoms with Crippen LogP contribution in [0.2, 0.25) is 0 Å². The molecule has 0 saturated carbocycles. The van der Waals surface area contributed by atoms with E-state index in [4.69, 9.17) is 9.47 Å². The molecule has 2 heteroatoms. The van der Waals surface area contributed by atoms with Crippen LogP contribution in [-0.2, 0) is 0 Å². The van der Waals surface area contributed by atoms with Crippen molar-refractivity contribution in [1.82, 2.24) is 0 Å². The van der Waals surface area contributed by atoms with Crippen molar-refractivity contribution in [3.05, 3.63) is 31.2 Å². The molecule has 0 aromatic heterocycles. The Bertz CT molecular complexity index is 257. The van der Waals surface area contributed by atoms with Crippen molar-refractivity contribution in [2.24, 2.45) is 0 Å². The van der Waals surface area contributed by atoms with Gasteiger partial charge in [-0.3, -0.25) is 0 Å². The Morgan fingerprint density at radius 2 is 2.00 bits per heavy atom. The SMILES string of the molecule is [CH2]C1COc2ccccc2O1. The summed E-state index contributed by atoms with van der Waals surface area (Å²) in [6.07, 6.45) is -0.0788. The van der Waals surface area contributed by atoms with Gasteiger partial charge in [-0.15, -0.1) is 0 Å². The van der Waals surface area contributed by atoms with Crippen molar-refractivity contribution in [2.45, 2.75) is 6.10 Å². The van der Waals surface area contributed by atoms with Gasteiger partial charge in [0.15, 0.2) is 11.5 Å². The van der Waals surface area contributed by atoms with Crippen LogP contribution in [0.15, 0.2) is 24.3 Å². The maximum atomic E-state index is 5.40. The molecule has 0 N–H and O–H groups in total. The zero-order valence-electron chi connectivity index (χ0n) is 6.12. The summed E-state index contributed by atoms with van der Waals surface area (Å²) < 4.78 is 10.7. The van der Waals surface area contributed by atoms with Crippen LogP contribution in [0.5, 0.6) is 11.5 Å². The minimum atomic E-state index is -0.0788. The van der Waals surface area contributed by atoms with E-state index in [9.17, 15) is 0 Å². The Morgan fingerprint density at radius 3 is 2.82 bits per heavy atom. The van der Waals surface area contributed by atoms with Crippen LogP contribution in [0.25, 0.3) is 0 Å². The average molecular weight is 149 g/mol. The summed E-state index contributed by atoms with van der Waals surface area (Å²) in [6, 6.07) is 7.61. The molecule has 2 rings (SSSR count). The van der Waals surface area contributed by atoms with Crippen LogP contribution in [0.4, 0.5) is 0 Å². The fraction of sp³-hybridized carbons (Fsp3) is 0.222. The molecule has 1 aromatic rings. The Hall–Kier alpha value is -1.18. The minimum absolute atomic E-state index is 0.0788. The van der Waals surface area contributed by atoms with Gasteiger partial charge in [0, 0.05) is 0 Å². The molecule has 2 nitrogen and oxygen atoms in total. The predicted octanol–water partition coefficient (Wildman–Crippen LogP) is 1.66. The van der Waals surface area contributed by atoms with Crippen molar-refractivity contribution < 1.29 is 9.47 Å². The highest BCUT2D eigenvalue weighted by molar-refractivity contribution is 5.40. The summed E-state index contributed by atoms with van der Waals surface area (Å²) in [5.41, 5.74) is 0. The Kier molecular flexibility index (Phi) is 1.46. The van der Waals surface area contributed by atoms with Gasteiger partial charge in [-0.05, 0) is 19.1 Å². The van der Waals surface area contributed by atoms with E-state index in [2.05, 4.69) is 6.92 Å². The Balaban J connectivity index is 2.34. The zero-order chi connectivity index (χ0) is 7.68. The molecule has 57 valence electrons. The second-order valence-corrected chi connectivity index (χ2v) is 2.50. The number of para-hydroxylation sites is 2. The smallest absolute Gasteiger partial charge is 0.161 e. The van der Waals surface area contributed by atoms with Crippen LogP contribution in [0.1, 0.15) is 0 Å². The highest BCUT2D eigenvalue weighted by Crippen LogP contribution is 2.30. The lowest BCUT2D eigenvalue weighted by Crippen LogP contribution is -2.25. The topological polar surface area (TPSA) is 18.5 Å². The molecule has 0 amide bonds. The van der Waals surface area contributed by atoms with Gasteiger partial charge in [0.05, 0.1) is 0 Å². The standard InChI is InChI=1S/C9H9O2/c1-7-6-10-8-4-2-3-5-9(8)11-7/h2-5,7H,1,6H2. The molecule has 1 radical (unpaired) electrons. The van der Waals surface area contributed by atoms with Gasteiger partial charge in [0.2, 0.25) is 0 Å². The Labute approximate surface area is 65.7 Å². The predicted molar refractivity (Wildman–Crippen MR) is 41.7 cm³/mol. The van der Waals surface area contributed by atoms with Gasteiger partial charge in [-0.25, -0.2) is 0 Å². The second-order valence-electron chi connectivity index (χ2n) is 2.50. The quantitative estimate of drug-likeness (QED) is 0.558. The van der Waals surface area contributed by atoms with Gasteiger partial charge in [0.25, 0.3) is 0 Å². The van der Waals surface area contributed by atoms with Gasteiger partial charge in [0.1, 0.15) is 12.7 Å². The summed E-state index contributed by atoms with van der Waals surface area (Å²) in [7, 11) is 0. The molecule has 11 heavy (non-hydrogen) atoms. The number of rotatable bonds is 0. The van der Waals surface area contributed by atoms with Gasteiger partial charge in [-0.1, -0.05) is 12.1 Å². The molecular weight excluding hydrogens is 140 g/mol. The van der Waals surface area contributed by atoms with Crippen molar-refractivity contribution in [1.29, 1.82) is 0 Å². The monoisotopic (exact) mass is 149 g/mol. The first-order valence-corrected chi connectivity index (χ1v) is 3.58. The molecule has 1 heterocycles. The largest absolute Gasteiger partial charge is 0.486 e. The third kappa shape index (κ3) is 1.16. The van der Waals surface area contributed by atoms with Gasteiger partial charge in [-0.2, -0.15) is 0 Å². The van der Waals surface area contributed by atoms with Crippen LogP contribution in [0.3, 0.4) is 0 Å². The molecular formula is C9H9O2. The third-order valence-corrected chi connectivity index (χ3v) is 1.57. The molecule has 0 aliphatic carbocycles. The number of hydrogen-bond acceptors (Lipinski definition) is 2. The van der Waals surface area contributed by atoms with E-state index in [-0.39, 0.29) is 6.10 Å². The van der Waals surface area contributed by atoms with E-state index in [1.165, 1.54) is 0 Å². The molecule has 1 unspecified atom stereocenters. The second kappa shape index (κ2) is 2.46. The Morgan fingerprint density at radius 1 is 1.27 bits per heavy atom. The molecule has 1 aliphatic heterocycles. The maximum Gasteiger partial charge on any atom is 0.161 e. The fourth-order valence-electron chi connectivity index (χ4n) is 1.06. The third-order valence-electron chi connectivity index (χ3n) is 1.57. The normalized spacial score (nSPS) is 21.4. The van der Waals surface area contributed by atoms with E-state index in [1.54, 1.807) is 0 Å². The first kappa shape index (κ1) is 6.53. The number of hydrogen-bond donors (Lipinski definition) is 0. The molecule has 1 aliphatic rings. The van der Waals surface area contributed by atoms with Crippen molar-refractivity contribution in [3.8, 4) is 11.5 Å². The summed E-state index contributed by atoms with van der Waals surface area (Å²) in [5.74, 6) is 1.60. The molecule has 1 aromatic carbocycles. The van der Waals surface area contributed by atoms with E-state index in [0.29, 0.717) is 6.61 Å². The fourth-order valence-corrected chi connectivity index (χ4v) is 1.06. The lowest BCUT2D eigenvalue weighted by atomic mass is 10.3. The van der Waals surface area contributed by atoms with E-state index in [1.807, 2.05) is 24.3 Å². The molecule has 0 bridgehead atoms. The van der Waals surface area contributed by atoms with E-state index in [0.717, 1.165) is 11.5 Å². The average Bonchev–Trinajstić information content (AvgIpc) is 2.04. The highest BCUT2D eigenvalue weighted by atomic mass is 16.6. The van der Waals surface area contributed by atoms with Crippen LogP contribution in [-0.4, -0.2) is 12.7 Å². The van der Waals surface area contributed by atoms with Gasteiger partial charge >= 0.3 is 0 Å². The summed E-state index contributed by atoms with van der Waals surface area (Å²) in [4.78, 5) is 0. The number of ether oxygens (including phenoxy) is 2. The van der Waals surface area contributed by atoms with Crippen molar-refractivity contribution >= 4 is 0 Å². The number of fused-ring (bicyclic) bond motifs is 1. The first-order valence-electron chi connectivity index (χ1n) is 3.58. The zero-order valence-corrected chi connectivity index (χ0v) is 6.12. The van der Waals surface area contributed by atoms with Crippen LogP contribution < -0.4 is 9.47 Å². The first-order chi connectivity index (χ1) is 5.36. The summed E-state index contributed by atoms with van der Waals surface area (Å²) in [6.45, 7) is 4.29. The summed E-state index contributed by atoms with van der Waals surface area (Å²) in [5, 5.41) is 0. The highest BCUT2D eigenvalue weighted by Gasteiger charge is 2.15. The van der Waals surface area contributed by atoms with Crippen molar-refractivity contribution in [2.75, 3.05) is 6.61 Å². The molecule has 0 saturated heterocycles. The number of benzene rings is 1. The van der Waals surface area contributed by atoms with E-state index < -0.39 is 0 Å². The molecule has 1 atom stereocenters. The lowest BCUT2D eigenvalue weighted by molar-refractivity contribution is 0.121. The molecule has 0 spiro atoms. The van der Waals surface area contributed by atoms with Crippen molar-refractivity contribution in [3.63, 3.8) is 0 Å². The summed E-state index contributed by atoms with van der Waals surface area (Å²) >= 11 is 0. The van der Waals surface area contributed by atoms with Crippen LogP contribution >= 0.6 is 0 Å². The minimum Gasteiger partial charge on any atom is -0.486 e. The van der Waals surface area contributed by atoms with Crippen LogP contribution in [0, 0.1) is 6.92 Å².